The molecule has 0 radical (unpaired) electrons. The lowest BCUT2D eigenvalue weighted by Gasteiger charge is -2.24. The van der Waals surface area contributed by atoms with Crippen LogP contribution >= 0.6 is 0 Å². The number of aromatic nitrogens is 4. The van der Waals surface area contributed by atoms with Crippen molar-refractivity contribution in [1.29, 1.82) is 0 Å². The molecular weight excluding hydrogens is 292 g/mol. The van der Waals surface area contributed by atoms with E-state index in [0.717, 1.165) is 31.7 Å². The Kier molecular flexibility index (Phi) is 4.76. The summed E-state index contributed by atoms with van der Waals surface area (Å²) >= 11 is 0. The van der Waals surface area contributed by atoms with Gasteiger partial charge in [0.25, 0.3) is 0 Å². The molecule has 0 aromatic carbocycles. The summed E-state index contributed by atoms with van der Waals surface area (Å²) in [7, 11) is 0. The van der Waals surface area contributed by atoms with Crippen molar-refractivity contribution in [2.75, 3.05) is 18.4 Å². The molecule has 1 N–H and O–H groups in total. The van der Waals surface area contributed by atoms with Gasteiger partial charge in [-0.1, -0.05) is 0 Å². The third-order valence-corrected chi connectivity index (χ3v) is 4.23. The summed E-state index contributed by atoms with van der Waals surface area (Å²) in [5, 5.41) is 11.5. The normalized spacial score (nSPS) is 18.7. The van der Waals surface area contributed by atoms with Gasteiger partial charge in [0.2, 0.25) is 5.91 Å². The monoisotopic (exact) mass is 316 g/mol. The van der Waals surface area contributed by atoms with Crippen LogP contribution in [0.1, 0.15) is 32.7 Å². The molecule has 124 valence electrons. The number of nitrogens with one attached hydrogen (secondary N) is 1. The third-order valence-electron chi connectivity index (χ3n) is 4.23. The lowest BCUT2D eigenvalue weighted by Crippen LogP contribution is -2.39. The Hall–Kier alpha value is -2.15. The van der Waals surface area contributed by atoms with E-state index in [1.807, 2.05) is 41.5 Å². The number of hydrogen-bond donors (Lipinski definition) is 1. The molecule has 1 saturated heterocycles. The van der Waals surface area contributed by atoms with Crippen molar-refractivity contribution in [2.45, 2.75) is 45.3 Å². The van der Waals surface area contributed by atoms with Gasteiger partial charge < -0.3 is 5.32 Å². The van der Waals surface area contributed by atoms with E-state index in [4.69, 9.17) is 0 Å². The van der Waals surface area contributed by atoms with Gasteiger partial charge in [0, 0.05) is 30.5 Å². The molecule has 0 saturated carbocycles. The van der Waals surface area contributed by atoms with Gasteiger partial charge in [-0.3, -0.25) is 14.4 Å². The average Bonchev–Trinajstić information content (AvgIpc) is 3.22. The van der Waals surface area contributed by atoms with Crippen LogP contribution in [0.5, 0.6) is 0 Å². The van der Waals surface area contributed by atoms with E-state index < -0.39 is 0 Å². The van der Waals surface area contributed by atoms with Crippen LogP contribution < -0.4 is 5.32 Å². The lowest BCUT2D eigenvalue weighted by molar-refractivity contribution is -0.117. The van der Waals surface area contributed by atoms with E-state index >= 15 is 0 Å². The molecule has 7 heteroatoms. The van der Waals surface area contributed by atoms with Crippen molar-refractivity contribution in [3.63, 3.8) is 0 Å². The molecule has 7 nitrogen and oxygen atoms in total. The molecule has 1 fully saturated rings. The lowest BCUT2D eigenvalue weighted by atomic mass is 10.2. The topological polar surface area (TPSA) is 68.0 Å². The highest BCUT2D eigenvalue weighted by atomic mass is 16.2. The second kappa shape index (κ2) is 6.95. The molecule has 0 aliphatic carbocycles. The average molecular weight is 316 g/mol. The number of hydrogen-bond acceptors (Lipinski definition) is 4. The number of nitrogens with zero attached hydrogens (tertiary/aromatic N) is 5. The van der Waals surface area contributed by atoms with Crippen LogP contribution in [0.25, 0.3) is 0 Å². The minimum Gasteiger partial charge on any atom is -0.310 e. The first kappa shape index (κ1) is 15.7. The SMILES string of the molecule is CC(C)n1nccc1NC(=O)CN1CCCC1Cn1cccn1. The molecule has 3 rings (SSSR count). The molecule has 1 amide bonds. The van der Waals surface area contributed by atoms with Gasteiger partial charge in [-0.05, 0) is 39.3 Å². The van der Waals surface area contributed by atoms with E-state index in [9.17, 15) is 4.79 Å². The first-order chi connectivity index (χ1) is 11.1. The predicted molar refractivity (Wildman–Crippen MR) is 88.1 cm³/mol. The van der Waals surface area contributed by atoms with E-state index in [1.165, 1.54) is 0 Å². The highest BCUT2D eigenvalue weighted by molar-refractivity contribution is 5.91. The van der Waals surface area contributed by atoms with E-state index in [0.29, 0.717) is 12.6 Å². The molecule has 3 heterocycles. The van der Waals surface area contributed by atoms with Crippen molar-refractivity contribution in [3.8, 4) is 0 Å². The zero-order chi connectivity index (χ0) is 16.2. The number of rotatable bonds is 6. The maximum atomic E-state index is 12.4. The molecule has 2 aromatic rings. The Morgan fingerprint density at radius 3 is 3.00 bits per heavy atom. The highest BCUT2D eigenvalue weighted by Gasteiger charge is 2.26. The third kappa shape index (κ3) is 3.79. The van der Waals surface area contributed by atoms with Crippen molar-refractivity contribution >= 4 is 11.7 Å². The minimum absolute atomic E-state index is 0.0137. The highest BCUT2D eigenvalue weighted by Crippen LogP contribution is 2.19. The smallest absolute Gasteiger partial charge is 0.239 e. The summed E-state index contributed by atoms with van der Waals surface area (Å²) in [6.07, 6.45) is 7.71. The second-order valence-electron chi connectivity index (χ2n) is 6.30. The quantitative estimate of drug-likeness (QED) is 0.882. The van der Waals surface area contributed by atoms with E-state index in [2.05, 4.69) is 20.4 Å². The maximum absolute atomic E-state index is 12.4. The first-order valence-corrected chi connectivity index (χ1v) is 8.18. The van der Waals surface area contributed by atoms with Crippen LogP contribution in [-0.4, -0.2) is 49.5 Å². The van der Waals surface area contributed by atoms with Gasteiger partial charge in [-0.2, -0.15) is 10.2 Å². The first-order valence-electron chi connectivity index (χ1n) is 8.18. The molecule has 1 aliphatic rings. The fraction of sp³-hybridized carbons (Fsp3) is 0.562. The van der Waals surface area contributed by atoms with Gasteiger partial charge in [-0.25, -0.2) is 4.68 Å². The zero-order valence-corrected chi connectivity index (χ0v) is 13.7. The Morgan fingerprint density at radius 2 is 2.26 bits per heavy atom. The van der Waals surface area contributed by atoms with Gasteiger partial charge in [-0.15, -0.1) is 0 Å². The van der Waals surface area contributed by atoms with Crippen molar-refractivity contribution in [1.82, 2.24) is 24.5 Å². The van der Waals surface area contributed by atoms with Crippen LogP contribution in [0, 0.1) is 0 Å². The number of amides is 1. The second-order valence-corrected chi connectivity index (χ2v) is 6.30. The van der Waals surface area contributed by atoms with Crippen LogP contribution in [0.4, 0.5) is 5.82 Å². The number of anilines is 1. The van der Waals surface area contributed by atoms with Crippen LogP contribution in [0.15, 0.2) is 30.7 Å². The summed E-state index contributed by atoms with van der Waals surface area (Å²) in [6.45, 7) is 6.30. The summed E-state index contributed by atoms with van der Waals surface area (Å²) in [6, 6.07) is 4.36. The zero-order valence-electron chi connectivity index (χ0n) is 13.7. The van der Waals surface area contributed by atoms with Gasteiger partial charge >= 0.3 is 0 Å². The van der Waals surface area contributed by atoms with E-state index in [-0.39, 0.29) is 11.9 Å². The minimum atomic E-state index is 0.0137. The Labute approximate surface area is 136 Å². The molecule has 1 unspecified atom stereocenters. The number of carbonyl (C=O) groups excluding carboxylic acids is 1. The molecule has 0 bridgehead atoms. The molecule has 1 atom stereocenters. The Bertz CT molecular complexity index is 633. The summed E-state index contributed by atoms with van der Waals surface area (Å²) in [5.74, 6) is 0.771. The summed E-state index contributed by atoms with van der Waals surface area (Å²) in [4.78, 5) is 14.6. The van der Waals surface area contributed by atoms with Gasteiger partial charge in [0.1, 0.15) is 5.82 Å². The predicted octanol–water partition coefficient (Wildman–Crippen LogP) is 1.76. The summed E-state index contributed by atoms with van der Waals surface area (Å²) < 4.78 is 3.76. The molecule has 2 aromatic heterocycles. The molecule has 0 spiro atoms. The van der Waals surface area contributed by atoms with Gasteiger partial charge in [0.05, 0.1) is 19.3 Å². The Balaban J connectivity index is 1.57. The van der Waals surface area contributed by atoms with Crippen LogP contribution in [-0.2, 0) is 11.3 Å². The largest absolute Gasteiger partial charge is 0.310 e. The standard InChI is InChI=1S/C16H24N6O/c1-13(2)22-15(6-8-18-22)19-16(23)12-20-9-3-5-14(20)11-21-10-4-7-17-21/h4,6-8,10,13-14H,3,5,9,11-12H2,1-2H3,(H,19,23). The molecule has 1 aliphatic heterocycles. The number of carbonyl (C=O) groups is 1. The van der Waals surface area contributed by atoms with E-state index in [1.54, 1.807) is 12.4 Å². The molecular formula is C16H24N6O. The molecule has 23 heavy (non-hydrogen) atoms. The summed E-state index contributed by atoms with van der Waals surface area (Å²) in [5.41, 5.74) is 0. The van der Waals surface area contributed by atoms with Crippen molar-refractivity contribution < 1.29 is 4.79 Å². The van der Waals surface area contributed by atoms with Crippen molar-refractivity contribution in [2.24, 2.45) is 0 Å². The van der Waals surface area contributed by atoms with Crippen molar-refractivity contribution in [3.05, 3.63) is 30.7 Å². The fourth-order valence-corrected chi connectivity index (χ4v) is 3.13. The van der Waals surface area contributed by atoms with Gasteiger partial charge in [0.15, 0.2) is 0 Å². The Morgan fingerprint density at radius 1 is 1.39 bits per heavy atom. The maximum Gasteiger partial charge on any atom is 0.239 e. The van der Waals surface area contributed by atoms with Crippen LogP contribution in [0.2, 0.25) is 0 Å². The number of likely N-dealkylation sites (tertiary alicyclic amines) is 1. The fourth-order valence-electron chi connectivity index (χ4n) is 3.13. The van der Waals surface area contributed by atoms with Crippen LogP contribution in [0.3, 0.4) is 0 Å².